The van der Waals surface area contributed by atoms with Crippen molar-refractivity contribution in [2.75, 3.05) is 6.61 Å². The fourth-order valence-electron chi connectivity index (χ4n) is 1.30. The van der Waals surface area contributed by atoms with Crippen molar-refractivity contribution < 1.29 is 9.50 Å². The zero-order chi connectivity index (χ0) is 10.8. The number of halogens is 2. The van der Waals surface area contributed by atoms with Crippen molar-refractivity contribution in [3.63, 3.8) is 0 Å². The van der Waals surface area contributed by atoms with Crippen molar-refractivity contribution in [3.05, 3.63) is 34.1 Å². The highest BCUT2D eigenvalue weighted by Crippen LogP contribution is 2.29. The molecular weight excluding hydrogens is 249 g/mol. The van der Waals surface area contributed by atoms with Gasteiger partial charge in [0.2, 0.25) is 0 Å². The van der Waals surface area contributed by atoms with Crippen molar-refractivity contribution in [3.8, 4) is 0 Å². The molecule has 0 aliphatic rings. The second-order valence-electron chi connectivity index (χ2n) is 3.52. The number of nitrogens with two attached hydrogens (primary N) is 1. The molecule has 14 heavy (non-hydrogen) atoms. The second kappa shape index (κ2) is 4.38. The van der Waals surface area contributed by atoms with E-state index < -0.39 is 5.54 Å². The Balaban J connectivity index is 3.10. The van der Waals surface area contributed by atoms with Gasteiger partial charge in [-0.3, -0.25) is 0 Å². The molecule has 1 unspecified atom stereocenters. The Hall–Kier alpha value is -0.450. The molecule has 0 aromatic heterocycles. The van der Waals surface area contributed by atoms with Crippen LogP contribution in [0.3, 0.4) is 0 Å². The Morgan fingerprint density at radius 1 is 1.57 bits per heavy atom. The van der Waals surface area contributed by atoms with E-state index in [2.05, 4.69) is 15.9 Å². The molecule has 0 radical (unpaired) electrons. The van der Waals surface area contributed by atoms with Crippen molar-refractivity contribution in [1.29, 1.82) is 0 Å². The van der Waals surface area contributed by atoms with E-state index >= 15 is 0 Å². The smallest absolute Gasteiger partial charge is 0.123 e. The predicted octanol–water partition coefficient (Wildman–Crippen LogP) is 2.14. The third-order valence-electron chi connectivity index (χ3n) is 2.17. The van der Waals surface area contributed by atoms with E-state index in [1.165, 1.54) is 12.1 Å². The van der Waals surface area contributed by atoms with Crippen molar-refractivity contribution >= 4 is 15.9 Å². The van der Waals surface area contributed by atoms with Gasteiger partial charge in [-0.15, -0.1) is 0 Å². The molecular formula is C10H13BrFNO. The summed E-state index contributed by atoms with van der Waals surface area (Å²) < 4.78 is 13.7. The highest BCUT2D eigenvalue weighted by molar-refractivity contribution is 9.10. The van der Waals surface area contributed by atoms with Gasteiger partial charge in [0, 0.05) is 16.6 Å². The molecule has 4 heteroatoms. The van der Waals surface area contributed by atoms with E-state index in [-0.39, 0.29) is 12.4 Å². The SMILES string of the molecule is CC(N)(CCO)c1cc(F)ccc1Br. The number of rotatable bonds is 3. The third kappa shape index (κ3) is 2.53. The van der Waals surface area contributed by atoms with Gasteiger partial charge >= 0.3 is 0 Å². The fraction of sp³-hybridized carbons (Fsp3) is 0.400. The lowest BCUT2D eigenvalue weighted by Crippen LogP contribution is -2.34. The normalized spacial score (nSPS) is 15.2. The first-order valence-corrected chi connectivity index (χ1v) is 5.12. The first-order chi connectivity index (χ1) is 6.47. The van der Waals surface area contributed by atoms with Gasteiger partial charge in [0.1, 0.15) is 5.82 Å². The topological polar surface area (TPSA) is 46.2 Å². The fourth-order valence-corrected chi connectivity index (χ4v) is 2.00. The molecule has 0 amide bonds. The molecule has 0 aliphatic carbocycles. The number of hydrogen-bond acceptors (Lipinski definition) is 2. The lowest BCUT2D eigenvalue weighted by atomic mass is 9.90. The zero-order valence-corrected chi connectivity index (χ0v) is 9.51. The zero-order valence-electron chi connectivity index (χ0n) is 7.93. The number of aliphatic hydroxyl groups excluding tert-OH is 1. The molecule has 1 rings (SSSR count). The maximum atomic E-state index is 13.0. The molecule has 0 saturated heterocycles. The molecule has 0 bridgehead atoms. The highest BCUT2D eigenvalue weighted by Gasteiger charge is 2.23. The Labute approximate surface area is 91.1 Å². The molecule has 0 saturated carbocycles. The molecule has 0 fully saturated rings. The van der Waals surface area contributed by atoms with Gasteiger partial charge in [0.25, 0.3) is 0 Å². The van der Waals surface area contributed by atoms with Gasteiger partial charge in [0.15, 0.2) is 0 Å². The highest BCUT2D eigenvalue weighted by atomic mass is 79.9. The van der Waals surface area contributed by atoms with Gasteiger partial charge in [-0.25, -0.2) is 4.39 Å². The second-order valence-corrected chi connectivity index (χ2v) is 4.37. The largest absolute Gasteiger partial charge is 0.396 e. The van der Waals surface area contributed by atoms with Gasteiger partial charge < -0.3 is 10.8 Å². The Kier molecular flexibility index (Phi) is 3.64. The van der Waals surface area contributed by atoms with Crippen LogP contribution >= 0.6 is 15.9 Å². The van der Waals surface area contributed by atoms with Crippen molar-refractivity contribution in [2.45, 2.75) is 18.9 Å². The number of aliphatic hydroxyl groups is 1. The molecule has 0 spiro atoms. The summed E-state index contributed by atoms with van der Waals surface area (Å²) in [7, 11) is 0. The van der Waals surface area contributed by atoms with Crippen LogP contribution in [0.4, 0.5) is 4.39 Å². The lowest BCUT2D eigenvalue weighted by molar-refractivity contribution is 0.246. The van der Waals surface area contributed by atoms with Crippen LogP contribution in [-0.2, 0) is 5.54 Å². The average Bonchev–Trinajstić information content (AvgIpc) is 2.09. The van der Waals surface area contributed by atoms with Crippen LogP contribution < -0.4 is 5.73 Å². The van der Waals surface area contributed by atoms with E-state index in [1.54, 1.807) is 13.0 Å². The summed E-state index contributed by atoms with van der Waals surface area (Å²) in [4.78, 5) is 0. The maximum absolute atomic E-state index is 13.0. The number of benzene rings is 1. The summed E-state index contributed by atoms with van der Waals surface area (Å²) in [5.74, 6) is -0.321. The van der Waals surface area contributed by atoms with Gasteiger partial charge in [-0.1, -0.05) is 15.9 Å². The molecule has 1 aromatic carbocycles. The molecule has 0 heterocycles. The Morgan fingerprint density at radius 3 is 2.79 bits per heavy atom. The summed E-state index contributed by atoms with van der Waals surface area (Å²) in [6.45, 7) is 1.75. The van der Waals surface area contributed by atoms with E-state index in [0.29, 0.717) is 12.0 Å². The van der Waals surface area contributed by atoms with Crippen LogP contribution in [0.15, 0.2) is 22.7 Å². The van der Waals surface area contributed by atoms with Gasteiger partial charge in [-0.05, 0) is 37.1 Å². The minimum atomic E-state index is -0.713. The molecule has 0 aliphatic heterocycles. The summed E-state index contributed by atoms with van der Waals surface area (Å²) in [6.07, 6.45) is 0.398. The van der Waals surface area contributed by atoms with Gasteiger partial charge in [0.05, 0.1) is 0 Å². The van der Waals surface area contributed by atoms with E-state index in [4.69, 9.17) is 10.8 Å². The lowest BCUT2D eigenvalue weighted by Gasteiger charge is -2.25. The van der Waals surface area contributed by atoms with Crippen LogP contribution in [0, 0.1) is 5.82 Å². The Bertz CT molecular complexity index is 328. The number of hydrogen-bond donors (Lipinski definition) is 2. The first-order valence-electron chi connectivity index (χ1n) is 4.32. The van der Waals surface area contributed by atoms with Crippen LogP contribution in [0.25, 0.3) is 0 Å². The van der Waals surface area contributed by atoms with Crippen LogP contribution in [0.5, 0.6) is 0 Å². The minimum Gasteiger partial charge on any atom is -0.396 e. The summed E-state index contributed by atoms with van der Waals surface area (Å²) in [5.41, 5.74) is 5.92. The monoisotopic (exact) mass is 261 g/mol. The molecule has 2 nitrogen and oxygen atoms in total. The summed E-state index contributed by atoms with van der Waals surface area (Å²) in [5, 5.41) is 8.83. The molecule has 1 aromatic rings. The Morgan fingerprint density at radius 2 is 2.21 bits per heavy atom. The van der Waals surface area contributed by atoms with E-state index in [0.717, 1.165) is 4.47 Å². The minimum absolute atomic E-state index is 0.0179. The summed E-state index contributed by atoms with van der Waals surface area (Å²) >= 11 is 3.31. The van der Waals surface area contributed by atoms with Gasteiger partial charge in [-0.2, -0.15) is 0 Å². The molecule has 1 atom stereocenters. The first kappa shape index (κ1) is 11.6. The van der Waals surface area contributed by atoms with E-state index in [1.807, 2.05) is 0 Å². The van der Waals surface area contributed by atoms with E-state index in [9.17, 15) is 4.39 Å². The quantitative estimate of drug-likeness (QED) is 0.876. The maximum Gasteiger partial charge on any atom is 0.123 e. The van der Waals surface area contributed by atoms with Crippen LogP contribution in [0.2, 0.25) is 0 Å². The van der Waals surface area contributed by atoms with Crippen LogP contribution in [-0.4, -0.2) is 11.7 Å². The molecule has 3 N–H and O–H groups in total. The summed E-state index contributed by atoms with van der Waals surface area (Å²) in [6, 6.07) is 4.37. The standard InChI is InChI=1S/C10H13BrFNO/c1-10(13,4-5-14)8-6-7(12)2-3-9(8)11/h2-3,6,14H,4-5,13H2,1H3. The van der Waals surface area contributed by atoms with Crippen LogP contribution in [0.1, 0.15) is 18.9 Å². The molecule has 78 valence electrons. The third-order valence-corrected chi connectivity index (χ3v) is 2.87. The predicted molar refractivity (Wildman–Crippen MR) is 57.3 cm³/mol. The van der Waals surface area contributed by atoms with Crippen molar-refractivity contribution in [2.24, 2.45) is 5.73 Å². The van der Waals surface area contributed by atoms with Crippen molar-refractivity contribution in [1.82, 2.24) is 0 Å². The average molecular weight is 262 g/mol.